The molecule has 0 saturated heterocycles. The molecule has 0 aliphatic heterocycles. The van der Waals surface area contributed by atoms with Gasteiger partial charge in [0.15, 0.2) is 0 Å². The minimum atomic E-state index is -0.488. The van der Waals surface area contributed by atoms with Crippen molar-refractivity contribution in [2.75, 3.05) is 0 Å². The Labute approximate surface area is 139 Å². The van der Waals surface area contributed by atoms with Gasteiger partial charge in [-0.15, -0.1) is 12.4 Å². The third-order valence-corrected chi connectivity index (χ3v) is 3.83. The number of hydrogen-bond donors (Lipinski definition) is 2. The molecule has 3 N–H and O–H groups in total. The molecule has 0 aliphatic rings. The van der Waals surface area contributed by atoms with Crippen LogP contribution >= 0.6 is 12.4 Å². The first kappa shape index (κ1) is 18.7. The van der Waals surface area contributed by atoms with Crippen molar-refractivity contribution in [1.29, 1.82) is 0 Å². The fraction of sp³-hybridized carbons (Fsp3) is 0.368. The molecule has 2 rings (SSSR count). The van der Waals surface area contributed by atoms with Gasteiger partial charge in [-0.1, -0.05) is 62.4 Å². The molecule has 0 spiro atoms. The first-order valence-corrected chi connectivity index (χ1v) is 7.67. The maximum Gasteiger partial charge on any atom is 0.0732 e. The van der Waals surface area contributed by atoms with Crippen molar-refractivity contribution in [1.82, 2.24) is 0 Å². The fourth-order valence-corrected chi connectivity index (χ4v) is 2.46. The van der Waals surface area contributed by atoms with Gasteiger partial charge in [-0.3, -0.25) is 0 Å². The smallest absolute Gasteiger partial charge is 0.0732 e. The molecule has 0 amide bonds. The van der Waals surface area contributed by atoms with Gasteiger partial charge in [0.05, 0.1) is 12.1 Å². The highest BCUT2D eigenvalue weighted by atomic mass is 35.5. The van der Waals surface area contributed by atoms with Crippen molar-refractivity contribution in [3.63, 3.8) is 0 Å². The van der Waals surface area contributed by atoms with E-state index in [2.05, 4.69) is 38.1 Å². The number of halogens is 1. The average molecular weight is 320 g/mol. The first-order valence-electron chi connectivity index (χ1n) is 7.67. The van der Waals surface area contributed by atoms with Crippen molar-refractivity contribution in [3.8, 4) is 11.1 Å². The van der Waals surface area contributed by atoms with Crippen LogP contribution in [0.2, 0.25) is 0 Å². The summed E-state index contributed by atoms with van der Waals surface area (Å²) in [5, 5.41) is 10.3. The van der Waals surface area contributed by atoms with E-state index in [4.69, 9.17) is 5.73 Å². The Balaban J connectivity index is 0.00000242. The van der Waals surface area contributed by atoms with Crippen LogP contribution in [-0.4, -0.2) is 11.2 Å². The minimum Gasteiger partial charge on any atom is -0.391 e. The number of rotatable bonds is 6. The summed E-state index contributed by atoms with van der Waals surface area (Å²) >= 11 is 0. The van der Waals surface area contributed by atoms with Gasteiger partial charge in [-0.05, 0) is 41.5 Å². The Morgan fingerprint density at radius 1 is 0.909 bits per heavy atom. The van der Waals surface area contributed by atoms with Gasteiger partial charge in [0.1, 0.15) is 0 Å². The lowest BCUT2D eigenvalue weighted by Gasteiger charge is -2.20. The topological polar surface area (TPSA) is 46.2 Å². The van der Waals surface area contributed by atoms with Crippen LogP contribution in [0.3, 0.4) is 0 Å². The van der Waals surface area contributed by atoms with E-state index in [9.17, 15) is 5.11 Å². The summed E-state index contributed by atoms with van der Waals surface area (Å²) < 4.78 is 0. The van der Waals surface area contributed by atoms with Crippen molar-refractivity contribution < 1.29 is 5.11 Å². The fourth-order valence-electron chi connectivity index (χ4n) is 2.46. The molecule has 2 aromatic carbocycles. The lowest BCUT2D eigenvalue weighted by molar-refractivity contribution is 0.128. The summed E-state index contributed by atoms with van der Waals surface area (Å²) in [6.07, 6.45) is 1.25. The van der Waals surface area contributed by atoms with Crippen molar-refractivity contribution >= 4 is 12.4 Å². The van der Waals surface area contributed by atoms with Crippen LogP contribution in [0.4, 0.5) is 0 Å². The van der Waals surface area contributed by atoms with Gasteiger partial charge in [0, 0.05) is 0 Å². The van der Waals surface area contributed by atoms with Gasteiger partial charge < -0.3 is 10.8 Å². The summed E-state index contributed by atoms with van der Waals surface area (Å²) in [6.45, 7) is 4.32. The van der Waals surface area contributed by atoms with Gasteiger partial charge >= 0.3 is 0 Å². The standard InChI is InChI=1S/C19H25NO.ClH/c1-14(2)11-12-18(21)19(20)17-10-6-9-16(13-17)15-7-4-3-5-8-15;/h3-10,13-14,18-19,21H,11-12,20H2,1-2H3;1H/t18-,19+;/m0./s1. The summed E-state index contributed by atoms with van der Waals surface area (Å²) in [4.78, 5) is 0. The predicted molar refractivity (Wildman–Crippen MR) is 96.1 cm³/mol. The monoisotopic (exact) mass is 319 g/mol. The summed E-state index contributed by atoms with van der Waals surface area (Å²) in [6, 6.07) is 18.1. The zero-order valence-electron chi connectivity index (χ0n) is 13.3. The van der Waals surface area contributed by atoms with E-state index in [-0.39, 0.29) is 18.4 Å². The molecule has 0 radical (unpaired) electrons. The summed E-state index contributed by atoms with van der Waals surface area (Å²) in [5.41, 5.74) is 9.52. The zero-order chi connectivity index (χ0) is 15.2. The Kier molecular flexibility index (Phi) is 7.60. The molecular formula is C19H26ClNO. The molecule has 2 nitrogen and oxygen atoms in total. The Morgan fingerprint density at radius 3 is 2.18 bits per heavy atom. The lowest BCUT2D eigenvalue weighted by Crippen LogP contribution is -2.26. The van der Waals surface area contributed by atoms with E-state index in [1.807, 2.05) is 30.3 Å². The van der Waals surface area contributed by atoms with Crippen LogP contribution in [0, 0.1) is 5.92 Å². The summed E-state index contributed by atoms with van der Waals surface area (Å²) in [7, 11) is 0. The maximum atomic E-state index is 10.3. The van der Waals surface area contributed by atoms with Crippen LogP contribution in [0.15, 0.2) is 54.6 Å². The first-order chi connectivity index (χ1) is 10.1. The largest absolute Gasteiger partial charge is 0.391 e. The van der Waals surface area contributed by atoms with Crippen LogP contribution in [0.25, 0.3) is 11.1 Å². The van der Waals surface area contributed by atoms with E-state index >= 15 is 0 Å². The Bertz CT molecular complexity index is 556. The Hall–Kier alpha value is -1.35. The third kappa shape index (κ3) is 5.13. The highest BCUT2D eigenvalue weighted by molar-refractivity contribution is 5.85. The number of aliphatic hydroxyl groups is 1. The molecule has 0 bridgehead atoms. The molecule has 0 heterocycles. The van der Waals surface area contributed by atoms with Crippen molar-refractivity contribution in [2.45, 2.75) is 38.8 Å². The molecule has 0 saturated carbocycles. The lowest BCUT2D eigenvalue weighted by atomic mass is 9.94. The molecule has 0 aromatic heterocycles. The highest BCUT2D eigenvalue weighted by Crippen LogP contribution is 2.25. The third-order valence-electron chi connectivity index (χ3n) is 3.83. The normalized spacial score (nSPS) is 13.5. The maximum absolute atomic E-state index is 10.3. The molecule has 2 aromatic rings. The Morgan fingerprint density at radius 2 is 1.55 bits per heavy atom. The van der Waals surface area contributed by atoms with Gasteiger partial charge in [-0.2, -0.15) is 0 Å². The van der Waals surface area contributed by atoms with Gasteiger partial charge in [-0.25, -0.2) is 0 Å². The van der Waals surface area contributed by atoms with E-state index in [1.54, 1.807) is 0 Å². The average Bonchev–Trinajstić information content (AvgIpc) is 2.52. The molecule has 120 valence electrons. The van der Waals surface area contributed by atoms with Crippen LogP contribution in [0.5, 0.6) is 0 Å². The van der Waals surface area contributed by atoms with E-state index in [0.717, 1.165) is 24.0 Å². The van der Waals surface area contributed by atoms with Gasteiger partial charge in [0.25, 0.3) is 0 Å². The molecule has 0 fully saturated rings. The number of nitrogens with two attached hydrogens (primary N) is 1. The SMILES string of the molecule is CC(C)CC[C@H](O)[C@H](N)c1cccc(-c2ccccc2)c1.Cl. The highest BCUT2D eigenvalue weighted by Gasteiger charge is 2.17. The number of aliphatic hydroxyl groups excluding tert-OH is 1. The molecule has 0 aliphatic carbocycles. The van der Waals surface area contributed by atoms with E-state index in [0.29, 0.717) is 5.92 Å². The zero-order valence-corrected chi connectivity index (χ0v) is 14.1. The predicted octanol–water partition coefficient (Wildman–Crippen LogP) is 4.57. The van der Waals surface area contributed by atoms with Crippen molar-refractivity contribution in [3.05, 3.63) is 60.2 Å². The van der Waals surface area contributed by atoms with Crippen LogP contribution in [0.1, 0.15) is 38.3 Å². The quantitative estimate of drug-likeness (QED) is 0.819. The minimum absolute atomic E-state index is 0. The summed E-state index contributed by atoms with van der Waals surface area (Å²) in [5.74, 6) is 0.586. The molecule has 0 unspecified atom stereocenters. The second kappa shape index (κ2) is 8.94. The molecule has 22 heavy (non-hydrogen) atoms. The number of hydrogen-bond acceptors (Lipinski definition) is 2. The second-order valence-corrected chi connectivity index (χ2v) is 6.06. The molecule has 3 heteroatoms. The second-order valence-electron chi connectivity index (χ2n) is 6.06. The van der Waals surface area contributed by atoms with E-state index in [1.165, 1.54) is 5.56 Å². The molecule has 2 atom stereocenters. The van der Waals surface area contributed by atoms with Gasteiger partial charge in [0.2, 0.25) is 0 Å². The van der Waals surface area contributed by atoms with E-state index < -0.39 is 6.10 Å². The van der Waals surface area contributed by atoms with Crippen LogP contribution in [-0.2, 0) is 0 Å². The van der Waals surface area contributed by atoms with Crippen molar-refractivity contribution in [2.24, 2.45) is 11.7 Å². The number of benzene rings is 2. The molecular weight excluding hydrogens is 294 g/mol. The van der Waals surface area contributed by atoms with Crippen LogP contribution < -0.4 is 5.73 Å².